The third kappa shape index (κ3) is 5.84. The van der Waals surface area contributed by atoms with Crippen LogP contribution in [-0.2, 0) is 9.59 Å². The van der Waals surface area contributed by atoms with Gasteiger partial charge in [-0.15, -0.1) is 0 Å². The molecule has 2 aromatic rings. The molecule has 130 valence electrons. The number of carbonyl (C=O) groups is 2. The number of amides is 2. The van der Waals surface area contributed by atoms with Gasteiger partial charge >= 0.3 is 0 Å². The maximum absolute atomic E-state index is 12.9. The predicted molar refractivity (Wildman–Crippen MR) is 95.8 cm³/mol. The molecule has 2 amide bonds. The molecule has 5 nitrogen and oxygen atoms in total. The van der Waals surface area contributed by atoms with Gasteiger partial charge in [-0.2, -0.15) is 5.10 Å². The Bertz CT molecular complexity index is 786. The van der Waals surface area contributed by atoms with Crippen LogP contribution in [0.15, 0.2) is 53.6 Å². The molecule has 0 aliphatic heterocycles. The van der Waals surface area contributed by atoms with E-state index in [0.717, 1.165) is 11.3 Å². The molecule has 0 fully saturated rings. The van der Waals surface area contributed by atoms with E-state index in [4.69, 9.17) is 0 Å². The number of nitrogens with zero attached hydrogens (tertiary/aromatic N) is 1. The van der Waals surface area contributed by atoms with Crippen molar-refractivity contribution in [2.75, 3.05) is 5.32 Å². The first kappa shape index (κ1) is 18.3. The summed E-state index contributed by atoms with van der Waals surface area (Å²) >= 11 is 0. The number of nitrogens with one attached hydrogen (secondary N) is 2. The minimum absolute atomic E-state index is 0.0257. The van der Waals surface area contributed by atoms with Gasteiger partial charge in [-0.25, -0.2) is 9.82 Å². The fourth-order valence-electron chi connectivity index (χ4n) is 2.11. The van der Waals surface area contributed by atoms with E-state index >= 15 is 0 Å². The standard InChI is InChI=1S/C19H20FN3O2/c1-13-5-3-4-6-17(13)21-18(24)11-12-19(25)23-22-14(2)15-7-9-16(20)10-8-15/h3-10H,11-12H2,1-2H3,(H,21,24)(H,23,25)/b22-14-. The lowest BCUT2D eigenvalue weighted by atomic mass is 10.1. The van der Waals surface area contributed by atoms with E-state index in [9.17, 15) is 14.0 Å². The van der Waals surface area contributed by atoms with Crippen molar-refractivity contribution in [1.29, 1.82) is 0 Å². The number of anilines is 1. The smallest absolute Gasteiger partial charge is 0.240 e. The van der Waals surface area contributed by atoms with Crippen molar-refractivity contribution in [1.82, 2.24) is 5.43 Å². The molecule has 0 spiro atoms. The zero-order valence-electron chi connectivity index (χ0n) is 14.2. The maximum atomic E-state index is 12.9. The van der Waals surface area contributed by atoms with Crippen LogP contribution in [-0.4, -0.2) is 17.5 Å². The lowest BCUT2D eigenvalue weighted by Crippen LogP contribution is -2.22. The van der Waals surface area contributed by atoms with E-state index < -0.39 is 0 Å². The molecule has 0 bridgehead atoms. The van der Waals surface area contributed by atoms with Crippen molar-refractivity contribution in [3.8, 4) is 0 Å². The molecule has 25 heavy (non-hydrogen) atoms. The highest BCUT2D eigenvalue weighted by Crippen LogP contribution is 2.13. The van der Waals surface area contributed by atoms with Crippen molar-refractivity contribution in [2.24, 2.45) is 5.10 Å². The van der Waals surface area contributed by atoms with Crippen LogP contribution in [0.4, 0.5) is 10.1 Å². The summed E-state index contributed by atoms with van der Waals surface area (Å²) in [6, 6.07) is 13.2. The van der Waals surface area contributed by atoms with Gasteiger partial charge in [-0.3, -0.25) is 9.59 Å². The highest BCUT2D eigenvalue weighted by molar-refractivity contribution is 5.99. The topological polar surface area (TPSA) is 70.6 Å². The molecule has 0 atom stereocenters. The molecule has 0 heterocycles. The summed E-state index contributed by atoms with van der Waals surface area (Å²) in [7, 11) is 0. The first-order valence-corrected chi connectivity index (χ1v) is 7.90. The normalized spacial score (nSPS) is 11.1. The zero-order valence-corrected chi connectivity index (χ0v) is 14.2. The van der Waals surface area contributed by atoms with E-state index in [1.807, 2.05) is 31.2 Å². The first-order chi connectivity index (χ1) is 12.0. The molecule has 2 aromatic carbocycles. The number of hydrazone groups is 1. The highest BCUT2D eigenvalue weighted by Gasteiger charge is 2.08. The number of benzene rings is 2. The lowest BCUT2D eigenvalue weighted by molar-refractivity contribution is -0.124. The second-order valence-corrected chi connectivity index (χ2v) is 5.60. The molecule has 0 radical (unpaired) electrons. The Morgan fingerprint density at radius 1 is 1.00 bits per heavy atom. The number of hydrogen-bond donors (Lipinski definition) is 2. The Kier molecular flexibility index (Phi) is 6.39. The van der Waals surface area contributed by atoms with E-state index in [0.29, 0.717) is 11.3 Å². The molecule has 0 saturated carbocycles. The van der Waals surface area contributed by atoms with Crippen LogP contribution in [0.5, 0.6) is 0 Å². The van der Waals surface area contributed by atoms with Crippen molar-refractivity contribution in [3.05, 3.63) is 65.5 Å². The van der Waals surface area contributed by atoms with Crippen LogP contribution in [0.25, 0.3) is 0 Å². The van der Waals surface area contributed by atoms with Gasteiger partial charge in [0.25, 0.3) is 0 Å². The van der Waals surface area contributed by atoms with E-state index in [1.54, 1.807) is 19.1 Å². The highest BCUT2D eigenvalue weighted by atomic mass is 19.1. The number of carbonyl (C=O) groups excluding carboxylic acids is 2. The SMILES string of the molecule is C/C(=N/NC(=O)CCC(=O)Nc1ccccc1C)c1ccc(F)cc1. The van der Waals surface area contributed by atoms with Crippen molar-refractivity contribution < 1.29 is 14.0 Å². The Morgan fingerprint density at radius 2 is 1.64 bits per heavy atom. The fraction of sp³-hybridized carbons (Fsp3) is 0.211. The fourth-order valence-corrected chi connectivity index (χ4v) is 2.11. The van der Waals surface area contributed by atoms with Gasteiger partial charge < -0.3 is 5.32 Å². The van der Waals surface area contributed by atoms with Crippen LogP contribution >= 0.6 is 0 Å². The lowest BCUT2D eigenvalue weighted by Gasteiger charge is -2.07. The Hall–Kier alpha value is -3.02. The van der Waals surface area contributed by atoms with Crippen LogP contribution < -0.4 is 10.7 Å². The minimum Gasteiger partial charge on any atom is -0.326 e. The van der Waals surface area contributed by atoms with Crippen LogP contribution in [0, 0.1) is 12.7 Å². The molecule has 0 unspecified atom stereocenters. The number of para-hydroxylation sites is 1. The third-order valence-electron chi connectivity index (χ3n) is 3.61. The zero-order chi connectivity index (χ0) is 18.2. The number of aryl methyl sites for hydroxylation is 1. The van der Waals surface area contributed by atoms with Gasteiger partial charge in [0.2, 0.25) is 11.8 Å². The summed E-state index contributed by atoms with van der Waals surface area (Å²) in [6.07, 6.45) is 0.0865. The largest absolute Gasteiger partial charge is 0.326 e. The Labute approximate surface area is 145 Å². The van der Waals surface area contributed by atoms with Gasteiger partial charge in [-0.1, -0.05) is 30.3 Å². The van der Waals surface area contributed by atoms with Gasteiger partial charge in [0.15, 0.2) is 0 Å². The molecule has 2 rings (SSSR count). The quantitative estimate of drug-likeness (QED) is 0.624. The molecule has 0 aliphatic rings. The molecule has 0 aromatic heterocycles. The number of halogens is 1. The van der Waals surface area contributed by atoms with Crippen molar-refractivity contribution in [3.63, 3.8) is 0 Å². The summed E-state index contributed by atoms with van der Waals surface area (Å²) in [5, 5.41) is 6.73. The average Bonchev–Trinajstić information content (AvgIpc) is 2.60. The first-order valence-electron chi connectivity index (χ1n) is 7.90. The second-order valence-electron chi connectivity index (χ2n) is 5.60. The molecular formula is C19H20FN3O2. The molecular weight excluding hydrogens is 321 g/mol. The second kappa shape index (κ2) is 8.73. The summed E-state index contributed by atoms with van der Waals surface area (Å²) in [5.41, 5.74) is 5.35. The Morgan fingerprint density at radius 3 is 2.32 bits per heavy atom. The van der Waals surface area contributed by atoms with Crippen molar-refractivity contribution >= 4 is 23.2 Å². The molecule has 0 saturated heterocycles. The summed E-state index contributed by atoms with van der Waals surface area (Å²) in [4.78, 5) is 23.7. The number of hydrogen-bond acceptors (Lipinski definition) is 3. The Balaban J connectivity index is 1.80. The average molecular weight is 341 g/mol. The predicted octanol–water partition coefficient (Wildman–Crippen LogP) is 3.39. The molecule has 6 heteroatoms. The minimum atomic E-state index is -0.360. The van der Waals surface area contributed by atoms with Gasteiger partial charge in [-0.05, 0) is 43.2 Å². The van der Waals surface area contributed by atoms with Crippen LogP contribution in [0.3, 0.4) is 0 Å². The monoisotopic (exact) mass is 341 g/mol. The molecule has 2 N–H and O–H groups in total. The summed E-state index contributed by atoms with van der Waals surface area (Å²) in [5.74, 6) is -0.926. The van der Waals surface area contributed by atoms with Crippen molar-refractivity contribution in [2.45, 2.75) is 26.7 Å². The summed E-state index contributed by atoms with van der Waals surface area (Å²) < 4.78 is 12.9. The van der Waals surface area contributed by atoms with E-state index in [1.165, 1.54) is 12.1 Å². The van der Waals surface area contributed by atoms with Gasteiger partial charge in [0.1, 0.15) is 5.82 Å². The van der Waals surface area contributed by atoms with E-state index in [-0.39, 0.29) is 30.5 Å². The number of rotatable bonds is 6. The van der Waals surface area contributed by atoms with Gasteiger partial charge in [0.05, 0.1) is 5.71 Å². The third-order valence-corrected chi connectivity index (χ3v) is 3.61. The van der Waals surface area contributed by atoms with Crippen LogP contribution in [0.2, 0.25) is 0 Å². The summed E-state index contributed by atoms with van der Waals surface area (Å²) in [6.45, 7) is 3.60. The van der Waals surface area contributed by atoms with Crippen LogP contribution in [0.1, 0.15) is 30.9 Å². The van der Waals surface area contributed by atoms with E-state index in [2.05, 4.69) is 15.8 Å². The van der Waals surface area contributed by atoms with Gasteiger partial charge in [0, 0.05) is 18.5 Å². The maximum Gasteiger partial charge on any atom is 0.240 e. The molecule has 0 aliphatic carbocycles.